The van der Waals surface area contributed by atoms with Crippen molar-refractivity contribution in [3.05, 3.63) is 23.2 Å². The molecule has 1 amide bonds. The van der Waals surface area contributed by atoms with Crippen molar-refractivity contribution in [1.82, 2.24) is 0 Å². The summed E-state index contributed by atoms with van der Waals surface area (Å²) in [6.45, 7) is 1.39. The molecule has 1 rings (SSSR count). The van der Waals surface area contributed by atoms with Crippen molar-refractivity contribution < 1.29 is 17.9 Å². The first kappa shape index (κ1) is 14.1. The molecule has 0 fully saturated rings. The maximum atomic E-state index is 11.3. The molecule has 0 bridgehead atoms. The van der Waals surface area contributed by atoms with Gasteiger partial charge < -0.3 is 10.5 Å². The van der Waals surface area contributed by atoms with E-state index in [2.05, 4.69) is 0 Å². The predicted octanol–water partition coefficient (Wildman–Crippen LogP) is 1.52. The van der Waals surface area contributed by atoms with Crippen LogP contribution >= 0.6 is 22.3 Å². The van der Waals surface area contributed by atoms with Gasteiger partial charge in [-0.3, -0.25) is 4.79 Å². The SMILES string of the molecule is CC(Oc1ccc(Cl)cc1S(=O)(=O)Cl)C(N)=O. The number of hydrogen-bond donors (Lipinski definition) is 1. The Morgan fingerprint density at radius 1 is 1.47 bits per heavy atom. The molecule has 1 atom stereocenters. The van der Waals surface area contributed by atoms with Crippen LogP contribution in [0.3, 0.4) is 0 Å². The Morgan fingerprint density at radius 2 is 2.06 bits per heavy atom. The number of primary amides is 1. The summed E-state index contributed by atoms with van der Waals surface area (Å²) >= 11 is 5.65. The number of halogens is 2. The highest BCUT2D eigenvalue weighted by Gasteiger charge is 2.20. The second kappa shape index (κ2) is 5.12. The highest BCUT2D eigenvalue weighted by Crippen LogP contribution is 2.30. The van der Waals surface area contributed by atoms with E-state index in [-0.39, 0.29) is 15.7 Å². The number of rotatable bonds is 4. The van der Waals surface area contributed by atoms with Crippen LogP contribution in [0.25, 0.3) is 0 Å². The number of benzene rings is 1. The molecule has 0 aliphatic carbocycles. The minimum absolute atomic E-state index is 0.0734. The van der Waals surface area contributed by atoms with Crippen molar-refractivity contribution in [3.63, 3.8) is 0 Å². The molecule has 0 saturated carbocycles. The summed E-state index contributed by atoms with van der Waals surface area (Å²) in [4.78, 5) is 10.5. The summed E-state index contributed by atoms with van der Waals surface area (Å²) in [7, 11) is 1.20. The first-order valence-corrected chi connectivity index (χ1v) is 7.10. The van der Waals surface area contributed by atoms with Crippen LogP contribution in [0.2, 0.25) is 5.02 Å². The quantitative estimate of drug-likeness (QED) is 0.854. The molecule has 0 aliphatic heterocycles. The molecule has 1 aromatic rings. The van der Waals surface area contributed by atoms with Crippen molar-refractivity contribution in [3.8, 4) is 5.75 Å². The second-order valence-electron chi connectivity index (χ2n) is 3.19. The summed E-state index contributed by atoms with van der Waals surface area (Å²) in [6.07, 6.45) is -0.978. The lowest BCUT2D eigenvalue weighted by atomic mass is 10.3. The van der Waals surface area contributed by atoms with Gasteiger partial charge in [0.05, 0.1) is 0 Å². The molecular weight excluding hydrogens is 289 g/mol. The fraction of sp³-hybridized carbons (Fsp3) is 0.222. The molecule has 0 spiro atoms. The molecule has 0 heterocycles. The minimum Gasteiger partial charge on any atom is -0.479 e. The van der Waals surface area contributed by atoms with Crippen LogP contribution in [0.4, 0.5) is 0 Å². The van der Waals surface area contributed by atoms with Gasteiger partial charge in [-0.2, -0.15) is 0 Å². The van der Waals surface area contributed by atoms with Crippen LogP contribution in [0.5, 0.6) is 5.75 Å². The lowest BCUT2D eigenvalue weighted by Gasteiger charge is -2.13. The lowest BCUT2D eigenvalue weighted by Crippen LogP contribution is -2.31. The molecule has 2 N–H and O–H groups in total. The summed E-state index contributed by atoms with van der Waals surface area (Å²) < 4.78 is 27.6. The highest BCUT2D eigenvalue weighted by molar-refractivity contribution is 8.13. The van der Waals surface area contributed by atoms with Crippen molar-refractivity contribution in [2.75, 3.05) is 0 Å². The Labute approximate surface area is 108 Å². The van der Waals surface area contributed by atoms with Gasteiger partial charge in [0, 0.05) is 15.7 Å². The summed E-state index contributed by atoms with van der Waals surface area (Å²) in [5.74, 6) is -0.798. The van der Waals surface area contributed by atoms with Crippen LogP contribution in [0.15, 0.2) is 23.1 Å². The fourth-order valence-electron chi connectivity index (χ4n) is 1.02. The predicted molar refractivity (Wildman–Crippen MR) is 63.8 cm³/mol. The zero-order valence-corrected chi connectivity index (χ0v) is 11.0. The molecule has 1 aromatic carbocycles. The molecule has 0 saturated heterocycles. The van der Waals surface area contributed by atoms with Gasteiger partial charge in [0.25, 0.3) is 15.0 Å². The number of hydrogen-bond acceptors (Lipinski definition) is 4. The van der Waals surface area contributed by atoms with E-state index in [1.165, 1.54) is 19.1 Å². The Balaban J connectivity index is 3.21. The van der Waals surface area contributed by atoms with Gasteiger partial charge in [-0.05, 0) is 25.1 Å². The number of nitrogens with two attached hydrogens (primary N) is 1. The molecule has 8 heteroatoms. The van der Waals surface area contributed by atoms with E-state index >= 15 is 0 Å². The van der Waals surface area contributed by atoms with E-state index in [0.29, 0.717) is 0 Å². The smallest absolute Gasteiger partial charge is 0.265 e. The van der Waals surface area contributed by atoms with E-state index in [0.717, 1.165) is 6.07 Å². The van der Waals surface area contributed by atoms with Crippen LogP contribution < -0.4 is 10.5 Å². The van der Waals surface area contributed by atoms with Gasteiger partial charge in [-0.1, -0.05) is 11.6 Å². The molecule has 5 nitrogen and oxygen atoms in total. The number of ether oxygens (including phenoxy) is 1. The summed E-state index contributed by atoms with van der Waals surface area (Å²) in [5.41, 5.74) is 5.00. The normalized spacial score (nSPS) is 13.1. The Kier molecular flexibility index (Phi) is 4.24. The molecular formula is C9H9Cl2NO4S. The Hall–Kier alpha value is -0.980. The first-order chi connectivity index (χ1) is 7.71. The fourth-order valence-corrected chi connectivity index (χ4v) is 2.24. The maximum Gasteiger partial charge on any atom is 0.265 e. The van der Waals surface area contributed by atoms with Crippen molar-refractivity contribution in [2.24, 2.45) is 5.73 Å². The summed E-state index contributed by atoms with van der Waals surface area (Å²) in [5, 5.41) is 0.184. The largest absolute Gasteiger partial charge is 0.479 e. The monoisotopic (exact) mass is 297 g/mol. The first-order valence-electron chi connectivity index (χ1n) is 4.42. The van der Waals surface area contributed by atoms with Gasteiger partial charge in [0.15, 0.2) is 6.10 Å². The van der Waals surface area contributed by atoms with Crippen molar-refractivity contribution >= 4 is 37.2 Å². The minimum atomic E-state index is -4.02. The third kappa shape index (κ3) is 3.76. The standard InChI is InChI=1S/C9H9Cl2NO4S/c1-5(9(12)13)16-7-3-2-6(10)4-8(7)17(11,14)15/h2-5H,1H3,(H2,12,13). The zero-order valence-electron chi connectivity index (χ0n) is 8.68. The van der Waals surface area contributed by atoms with E-state index < -0.39 is 21.1 Å². The van der Waals surface area contributed by atoms with Gasteiger partial charge in [-0.25, -0.2) is 8.42 Å². The van der Waals surface area contributed by atoms with E-state index in [4.69, 9.17) is 32.8 Å². The number of carbonyl (C=O) groups is 1. The molecule has 0 radical (unpaired) electrons. The van der Waals surface area contributed by atoms with Crippen molar-refractivity contribution in [1.29, 1.82) is 0 Å². The average molecular weight is 298 g/mol. The zero-order chi connectivity index (χ0) is 13.2. The second-order valence-corrected chi connectivity index (χ2v) is 6.16. The Bertz CT molecular complexity index is 544. The van der Waals surface area contributed by atoms with E-state index in [1.807, 2.05) is 0 Å². The van der Waals surface area contributed by atoms with Crippen LogP contribution in [0.1, 0.15) is 6.92 Å². The van der Waals surface area contributed by atoms with Crippen LogP contribution in [-0.4, -0.2) is 20.4 Å². The number of amides is 1. The lowest BCUT2D eigenvalue weighted by molar-refractivity contribution is -0.124. The molecule has 17 heavy (non-hydrogen) atoms. The maximum absolute atomic E-state index is 11.3. The van der Waals surface area contributed by atoms with E-state index in [1.54, 1.807) is 0 Å². The molecule has 94 valence electrons. The van der Waals surface area contributed by atoms with Crippen molar-refractivity contribution in [2.45, 2.75) is 17.9 Å². The molecule has 0 aliphatic rings. The van der Waals surface area contributed by atoms with Gasteiger partial charge in [0.1, 0.15) is 10.6 Å². The Morgan fingerprint density at radius 3 is 2.53 bits per heavy atom. The highest BCUT2D eigenvalue weighted by atomic mass is 35.7. The average Bonchev–Trinajstić information content (AvgIpc) is 2.18. The third-order valence-corrected chi connectivity index (χ3v) is 3.45. The third-order valence-electron chi connectivity index (χ3n) is 1.87. The van der Waals surface area contributed by atoms with Gasteiger partial charge >= 0.3 is 0 Å². The van der Waals surface area contributed by atoms with E-state index in [9.17, 15) is 13.2 Å². The summed E-state index contributed by atoms with van der Waals surface area (Å²) in [6, 6.07) is 3.85. The van der Waals surface area contributed by atoms with Gasteiger partial charge in [0.2, 0.25) is 0 Å². The van der Waals surface area contributed by atoms with Crippen LogP contribution in [-0.2, 0) is 13.8 Å². The molecule has 1 unspecified atom stereocenters. The molecule has 0 aromatic heterocycles. The topological polar surface area (TPSA) is 86.5 Å². The number of carbonyl (C=O) groups excluding carboxylic acids is 1. The van der Waals surface area contributed by atoms with Gasteiger partial charge in [-0.15, -0.1) is 0 Å². The van der Waals surface area contributed by atoms with Crippen LogP contribution in [0, 0.1) is 0 Å².